The van der Waals surface area contributed by atoms with E-state index < -0.39 is 0 Å². The lowest BCUT2D eigenvalue weighted by molar-refractivity contribution is -0.131. The summed E-state index contributed by atoms with van der Waals surface area (Å²) in [5, 5.41) is 21.3. The maximum absolute atomic E-state index is 12.1. The van der Waals surface area contributed by atoms with Gasteiger partial charge in [0.2, 0.25) is 11.8 Å². The van der Waals surface area contributed by atoms with Gasteiger partial charge in [-0.15, -0.1) is 10.2 Å². The Morgan fingerprint density at radius 1 is 1.52 bits per heavy atom. The quantitative estimate of drug-likeness (QED) is 0.726. The largest absolute Gasteiger partial charge is 0.421 e. The third-order valence-electron chi connectivity index (χ3n) is 4.70. The molecule has 9 heteroatoms. The van der Waals surface area contributed by atoms with E-state index in [1.165, 1.54) is 0 Å². The Morgan fingerprint density at radius 2 is 2.41 bits per heavy atom. The molecule has 2 N–H and O–H groups in total. The first-order valence-corrected chi connectivity index (χ1v) is 8.83. The normalized spacial score (nSPS) is 17.0. The van der Waals surface area contributed by atoms with Crippen molar-refractivity contribution in [1.29, 1.82) is 5.26 Å². The van der Waals surface area contributed by atoms with Crippen molar-refractivity contribution in [3.8, 4) is 17.5 Å². The van der Waals surface area contributed by atoms with Crippen LogP contribution in [0.2, 0.25) is 0 Å². The number of carbonyl (C=O) groups excluding carboxylic acids is 1. The fourth-order valence-corrected chi connectivity index (χ4v) is 3.44. The molecule has 138 valence electrons. The van der Waals surface area contributed by atoms with Crippen molar-refractivity contribution >= 4 is 22.6 Å². The number of hydrogen-bond acceptors (Lipinski definition) is 7. The van der Waals surface area contributed by atoms with Gasteiger partial charge in [0, 0.05) is 43.8 Å². The number of likely N-dealkylation sites (tertiary alicyclic amines) is 1. The number of carbonyl (C=O) groups is 1. The van der Waals surface area contributed by atoms with Crippen LogP contribution in [0.25, 0.3) is 22.5 Å². The monoisotopic (exact) mass is 365 g/mol. The van der Waals surface area contributed by atoms with Gasteiger partial charge < -0.3 is 19.6 Å². The second kappa shape index (κ2) is 7.07. The molecule has 1 saturated heterocycles. The van der Waals surface area contributed by atoms with Gasteiger partial charge in [-0.25, -0.2) is 4.98 Å². The molecular formula is C18H19N7O2. The molecule has 3 aromatic heterocycles. The van der Waals surface area contributed by atoms with Crippen molar-refractivity contribution in [2.45, 2.75) is 32.2 Å². The van der Waals surface area contributed by atoms with Gasteiger partial charge in [0.15, 0.2) is 0 Å². The zero-order valence-electron chi connectivity index (χ0n) is 14.9. The van der Waals surface area contributed by atoms with Crippen molar-refractivity contribution < 1.29 is 9.21 Å². The van der Waals surface area contributed by atoms with Gasteiger partial charge in [0.05, 0.1) is 17.3 Å². The number of piperidine rings is 1. The minimum absolute atomic E-state index is 0.0599. The van der Waals surface area contributed by atoms with Crippen LogP contribution in [0.5, 0.6) is 0 Å². The standard InChI is InChI=1S/C18H19N7O2/c1-11-23-24-18(27-11)14-9-21-17-13(5-7-20-17)16(14)22-12-3-2-8-25(10-12)15(26)4-6-19/h5,7,9,12H,2-4,8,10H2,1H3,(H2,20,21,22)/t12-/m1/s1. The first-order valence-electron chi connectivity index (χ1n) is 8.83. The van der Waals surface area contributed by atoms with E-state index in [-0.39, 0.29) is 18.4 Å². The lowest BCUT2D eigenvalue weighted by Gasteiger charge is -2.33. The van der Waals surface area contributed by atoms with Crippen molar-refractivity contribution in [2.75, 3.05) is 18.4 Å². The minimum atomic E-state index is -0.127. The Balaban J connectivity index is 1.65. The van der Waals surface area contributed by atoms with E-state index in [0.29, 0.717) is 24.9 Å². The van der Waals surface area contributed by atoms with E-state index in [1.54, 1.807) is 18.0 Å². The minimum Gasteiger partial charge on any atom is -0.421 e. The van der Waals surface area contributed by atoms with Gasteiger partial charge in [-0.3, -0.25) is 4.79 Å². The van der Waals surface area contributed by atoms with Gasteiger partial charge in [-0.1, -0.05) is 0 Å². The van der Waals surface area contributed by atoms with Crippen LogP contribution in [0.4, 0.5) is 5.69 Å². The summed E-state index contributed by atoms with van der Waals surface area (Å²) in [6, 6.07) is 3.93. The van der Waals surface area contributed by atoms with Crippen molar-refractivity contribution in [2.24, 2.45) is 0 Å². The molecule has 1 aliphatic rings. The molecule has 3 aromatic rings. The predicted molar refractivity (Wildman–Crippen MR) is 97.6 cm³/mol. The number of nitriles is 1. The maximum atomic E-state index is 12.1. The van der Waals surface area contributed by atoms with Gasteiger partial charge in [-0.2, -0.15) is 5.26 Å². The number of anilines is 1. The second-order valence-corrected chi connectivity index (χ2v) is 6.57. The summed E-state index contributed by atoms with van der Waals surface area (Å²) >= 11 is 0. The van der Waals surface area contributed by atoms with Crippen molar-refractivity contribution in [3.63, 3.8) is 0 Å². The molecule has 1 fully saturated rings. The summed E-state index contributed by atoms with van der Waals surface area (Å²) in [7, 11) is 0. The molecule has 0 unspecified atom stereocenters. The average molecular weight is 365 g/mol. The number of amides is 1. The number of nitrogens with one attached hydrogen (secondary N) is 2. The Bertz CT molecular complexity index is 1020. The summed E-state index contributed by atoms with van der Waals surface area (Å²) in [4.78, 5) is 21.4. The highest BCUT2D eigenvalue weighted by Gasteiger charge is 2.25. The van der Waals surface area contributed by atoms with Crippen molar-refractivity contribution in [3.05, 3.63) is 24.4 Å². The lowest BCUT2D eigenvalue weighted by Crippen LogP contribution is -2.45. The van der Waals surface area contributed by atoms with E-state index in [4.69, 9.17) is 9.68 Å². The average Bonchev–Trinajstić information content (AvgIpc) is 3.31. The van der Waals surface area contributed by atoms with Crippen LogP contribution in [-0.2, 0) is 4.79 Å². The number of fused-ring (bicyclic) bond motifs is 1. The fourth-order valence-electron chi connectivity index (χ4n) is 3.44. The number of aromatic amines is 1. The fraction of sp³-hybridized carbons (Fsp3) is 0.389. The number of aryl methyl sites for hydroxylation is 1. The van der Waals surface area contributed by atoms with Gasteiger partial charge in [0.1, 0.15) is 12.1 Å². The summed E-state index contributed by atoms with van der Waals surface area (Å²) in [6.07, 6.45) is 5.25. The molecule has 0 saturated carbocycles. The highest BCUT2D eigenvalue weighted by atomic mass is 16.4. The number of rotatable bonds is 4. The molecular weight excluding hydrogens is 346 g/mol. The summed E-state index contributed by atoms with van der Waals surface area (Å²) in [6.45, 7) is 2.98. The molecule has 0 radical (unpaired) electrons. The van der Waals surface area contributed by atoms with Crippen LogP contribution in [0, 0.1) is 18.3 Å². The molecule has 0 spiro atoms. The number of aromatic nitrogens is 4. The second-order valence-electron chi connectivity index (χ2n) is 6.57. The molecule has 4 rings (SSSR count). The smallest absolute Gasteiger partial charge is 0.251 e. The molecule has 1 atom stereocenters. The Hall–Kier alpha value is -3.41. The highest BCUT2D eigenvalue weighted by molar-refractivity contribution is 5.97. The molecule has 1 amide bonds. The number of hydrogen-bond donors (Lipinski definition) is 2. The summed E-state index contributed by atoms with van der Waals surface area (Å²) in [5.41, 5.74) is 2.33. The first-order chi connectivity index (χ1) is 13.2. The Kier molecular flexibility index (Phi) is 4.46. The van der Waals surface area contributed by atoms with E-state index in [0.717, 1.165) is 35.1 Å². The number of nitrogens with zero attached hydrogens (tertiary/aromatic N) is 5. The molecule has 4 heterocycles. The highest BCUT2D eigenvalue weighted by Crippen LogP contribution is 2.34. The molecule has 9 nitrogen and oxygen atoms in total. The van der Waals surface area contributed by atoms with Crippen molar-refractivity contribution in [1.82, 2.24) is 25.1 Å². The third-order valence-corrected chi connectivity index (χ3v) is 4.70. The van der Waals surface area contributed by atoms with Crippen LogP contribution in [0.3, 0.4) is 0 Å². The Labute approximate surface area is 155 Å². The van der Waals surface area contributed by atoms with Crippen LogP contribution in [0.1, 0.15) is 25.2 Å². The lowest BCUT2D eigenvalue weighted by atomic mass is 10.0. The predicted octanol–water partition coefficient (Wildman–Crippen LogP) is 2.24. The zero-order valence-corrected chi connectivity index (χ0v) is 14.9. The molecule has 27 heavy (non-hydrogen) atoms. The van der Waals surface area contributed by atoms with E-state index in [2.05, 4.69) is 25.5 Å². The summed E-state index contributed by atoms with van der Waals surface area (Å²) in [5.74, 6) is 0.758. The molecule has 0 aromatic carbocycles. The SMILES string of the molecule is Cc1nnc(-c2cnc3[nH]ccc3c2N[C@@H]2CCCN(C(=O)CC#N)C2)o1. The van der Waals surface area contributed by atoms with Crippen LogP contribution >= 0.6 is 0 Å². The van der Waals surface area contributed by atoms with Gasteiger partial charge >= 0.3 is 0 Å². The topological polar surface area (TPSA) is 124 Å². The number of pyridine rings is 1. The van der Waals surface area contributed by atoms with Crippen LogP contribution in [-0.4, -0.2) is 50.1 Å². The van der Waals surface area contributed by atoms with E-state index in [1.807, 2.05) is 18.3 Å². The molecule has 0 bridgehead atoms. The summed E-state index contributed by atoms with van der Waals surface area (Å²) < 4.78 is 5.60. The number of H-pyrrole nitrogens is 1. The van der Waals surface area contributed by atoms with E-state index >= 15 is 0 Å². The maximum Gasteiger partial charge on any atom is 0.251 e. The van der Waals surface area contributed by atoms with Crippen LogP contribution < -0.4 is 5.32 Å². The zero-order chi connectivity index (χ0) is 18.8. The van der Waals surface area contributed by atoms with E-state index in [9.17, 15) is 4.79 Å². The molecule has 1 aliphatic heterocycles. The van der Waals surface area contributed by atoms with Gasteiger partial charge in [-0.05, 0) is 18.9 Å². The third kappa shape index (κ3) is 3.33. The molecule has 0 aliphatic carbocycles. The first kappa shape index (κ1) is 17.0. The Morgan fingerprint density at radius 3 is 3.19 bits per heavy atom. The van der Waals surface area contributed by atoms with Crippen LogP contribution in [0.15, 0.2) is 22.9 Å². The van der Waals surface area contributed by atoms with Gasteiger partial charge in [0.25, 0.3) is 5.89 Å².